The summed E-state index contributed by atoms with van der Waals surface area (Å²) in [5, 5.41) is 1.57. The zero-order chi connectivity index (χ0) is 22.5. The van der Waals surface area contributed by atoms with Crippen molar-refractivity contribution in [3.05, 3.63) is 124 Å². The Bertz CT molecular complexity index is 1130. The molecule has 0 amide bonds. The molecule has 1 nitrogen and oxygen atoms in total. The average Bonchev–Trinajstić information content (AvgIpc) is 2.82. The Morgan fingerprint density at radius 2 is 1.34 bits per heavy atom. The highest BCUT2D eigenvalue weighted by atomic mass is 35.5. The Kier molecular flexibility index (Phi) is 7.35. The van der Waals surface area contributed by atoms with E-state index in [4.69, 9.17) is 28.2 Å². The van der Waals surface area contributed by atoms with Crippen molar-refractivity contribution in [3.63, 3.8) is 0 Å². The molecule has 1 atom stereocenters. The van der Waals surface area contributed by atoms with Gasteiger partial charge in [-0.15, -0.1) is 0 Å². The second-order valence-electron chi connectivity index (χ2n) is 8.38. The largest absolute Gasteiger partial charge is 0.262 e. The van der Waals surface area contributed by atoms with Crippen LogP contribution >= 0.6 is 23.2 Å². The van der Waals surface area contributed by atoms with E-state index in [0.717, 1.165) is 39.7 Å². The highest BCUT2D eigenvalue weighted by Crippen LogP contribution is 2.26. The van der Waals surface area contributed by atoms with Gasteiger partial charge in [-0.25, -0.2) is 0 Å². The first kappa shape index (κ1) is 22.6. The van der Waals surface area contributed by atoms with Crippen molar-refractivity contribution < 1.29 is 0 Å². The maximum Gasteiger partial charge on any atom is 0.218 e. The minimum absolute atomic E-state index is 0.0878. The Hall–Kier alpha value is -2.55. The highest BCUT2D eigenvalue weighted by molar-refractivity contribution is 6.86. The summed E-state index contributed by atoms with van der Waals surface area (Å²) in [4.78, 5) is 4.78. The Labute approximate surface area is 201 Å². The van der Waals surface area contributed by atoms with Crippen molar-refractivity contribution in [2.75, 3.05) is 0 Å². The predicted molar refractivity (Wildman–Crippen MR) is 139 cm³/mol. The zero-order valence-corrected chi connectivity index (χ0v) is 19.9. The van der Waals surface area contributed by atoms with E-state index in [-0.39, 0.29) is 12.5 Å². The SMILES string of the molecule is Cc1ccc(B(c2ccc(C)c(Cl)c2)C(CCc2ccccc2)c2ccccn2)cc1Cl. The Balaban J connectivity index is 1.83. The second kappa shape index (κ2) is 10.4. The summed E-state index contributed by atoms with van der Waals surface area (Å²) in [6.07, 6.45) is 3.81. The van der Waals surface area contributed by atoms with E-state index in [1.54, 1.807) is 0 Å². The van der Waals surface area contributed by atoms with Crippen LogP contribution in [0.25, 0.3) is 0 Å². The van der Waals surface area contributed by atoms with Crippen LogP contribution in [0, 0.1) is 13.8 Å². The molecule has 0 saturated carbocycles. The van der Waals surface area contributed by atoms with Gasteiger partial charge in [0.05, 0.1) is 0 Å². The van der Waals surface area contributed by atoms with Crippen LogP contribution < -0.4 is 10.9 Å². The van der Waals surface area contributed by atoms with E-state index in [1.807, 2.05) is 26.1 Å². The monoisotopic (exact) mass is 457 g/mol. The number of hydrogen-bond donors (Lipinski definition) is 0. The molecule has 0 aliphatic heterocycles. The fraction of sp³-hybridized carbons (Fsp3) is 0.179. The van der Waals surface area contributed by atoms with Gasteiger partial charge < -0.3 is 0 Å². The molecule has 0 spiro atoms. The third kappa shape index (κ3) is 5.26. The number of halogens is 2. The lowest BCUT2D eigenvalue weighted by atomic mass is 9.32. The summed E-state index contributed by atoms with van der Waals surface area (Å²) in [6, 6.07) is 29.6. The molecule has 0 bridgehead atoms. The van der Waals surface area contributed by atoms with Gasteiger partial charge in [-0.05, 0) is 73.5 Å². The molecular weight excluding hydrogens is 432 g/mol. The molecule has 1 unspecified atom stereocenters. The van der Waals surface area contributed by atoms with Crippen LogP contribution in [0.15, 0.2) is 91.1 Å². The molecule has 0 saturated heterocycles. The van der Waals surface area contributed by atoms with Gasteiger partial charge in [-0.1, -0.05) is 94.8 Å². The van der Waals surface area contributed by atoms with Crippen LogP contribution in [0.3, 0.4) is 0 Å². The van der Waals surface area contributed by atoms with Crippen LogP contribution in [0.5, 0.6) is 0 Å². The maximum atomic E-state index is 6.58. The highest BCUT2D eigenvalue weighted by Gasteiger charge is 2.32. The normalized spacial score (nSPS) is 11.9. The van der Waals surface area contributed by atoms with Crippen LogP contribution in [0.2, 0.25) is 10.0 Å². The lowest BCUT2D eigenvalue weighted by Gasteiger charge is -2.26. The molecule has 0 aliphatic carbocycles. The van der Waals surface area contributed by atoms with Gasteiger partial charge in [0.1, 0.15) is 0 Å². The molecule has 0 aliphatic rings. The molecular formula is C28H26BCl2N. The lowest BCUT2D eigenvalue weighted by molar-refractivity contribution is 0.761. The third-order valence-corrected chi connectivity index (χ3v) is 6.98. The van der Waals surface area contributed by atoms with E-state index in [2.05, 4.69) is 78.9 Å². The minimum Gasteiger partial charge on any atom is -0.262 e. The summed E-state index contributed by atoms with van der Waals surface area (Å²) in [7, 11) is 0. The Morgan fingerprint density at radius 3 is 1.88 bits per heavy atom. The molecule has 0 fully saturated rings. The molecule has 1 aromatic heterocycles. The summed E-state index contributed by atoms with van der Waals surface area (Å²) in [5.41, 5.74) is 6.94. The van der Waals surface area contributed by atoms with Crippen LogP contribution in [-0.4, -0.2) is 11.7 Å². The van der Waals surface area contributed by atoms with Crippen LogP contribution in [0.1, 0.15) is 34.6 Å². The second-order valence-corrected chi connectivity index (χ2v) is 9.19. The topological polar surface area (TPSA) is 12.9 Å². The fourth-order valence-corrected chi connectivity index (χ4v) is 4.69. The van der Waals surface area contributed by atoms with Crippen molar-refractivity contribution in [1.82, 2.24) is 4.98 Å². The van der Waals surface area contributed by atoms with E-state index in [1.165, 1.54) is 16.5 Å². The number of aromatic nitrogens is 1. The summed E-state index contributed by atoms with van der Waals surface area (Å²) < 4.78 is 0. The summed E-state index contributed by atoms with van der Waals surface area (Å²) in [6.45, 7) is 4.16. The number of pyridine rings is 1. The number of benzene rings is 3. The van der Waals surface area contributed by atoms with Crippen LogP contribution in [0.4, 0.5) is 0 Å². The number of nitrogens with zero attached hydrogens (tertiary/aromatic N) is 1. The first-order chi connectivity index (χ1) is 15.5. The van der Waals surface area contributed by atoms with Crippen LogP contribution in [-0.2, 0) is 6.42 Å². The van der Waals surface area contributed by atoms with Gasteiger partial charge in [0, 0.05) is 21.9 Å². The van der Waals surface area contributed by atoms with Crippen molar-refractivity contribution in [2.24, 2.45) is 0 Å². The molecule has 4 aromatic rings. The fourth-order valence-electron chi connectivity index (χ4n) is 4.31. The van der Waals surface area contributed by atoms with Gasteiger partial charge in [-0.3, -0.25) is 4.98 Å². The molecule has 1 heterocycles. The average molecular weight is 458 g/mol. The Morgan fingerprint density at radius 1 is 0.750 bits per heavy atom. The van der Waals surface area contributed by atoms with E-state index < -0.39 is 0 Å². The first-order valence-corrected chi connectivity index (χ1v) is 11.8. The van der Waals surface area contributed by atoms with Gasteiger partial charge in [0.25, 0.3) is 0 Å². The number of rotatable bonds is 7. The van der Waals surface area contributed by atoms with Crippen molar-refractivity contribution in [2.45, 2.75) is 32.5 Å². The molecule has 0 N–H and O–H groups in total. The van der Waals surface area contributed by atoms with E-state index in [0.29, 0.717) is 0 Å². The summed E-state index contributed by atoms with van der Waals surface area (Å²) >= 11 is 13.2. The molecule has 32 heavy (non-hydrogen) atoms. The predicted octanol–water partition coefficient (Wildman–Crippen LogP) is 6.57. The quantitative estimate of drug-likeness (QED) is 0.286. The smallest absolute Gasteiger partial charge is 0.218 e. The minimum atomic E-state index is 0.0878. The van der Waals surface area contributed by atoms with Gasteiger partial charge in [0.15, 0.2) is 0 Å². The molecule has 4 heteroatoms. The molecule has 4 rings (SSSR count). The summed E-state index contributed by atoms with van der Waals surface area (Å²) in [5.74, 6) is 0.175. The van der Waals surface area contributed by atoms with Gasteiger partial charge in [0.2, 0.25) is 6.71 Å². The zero-order valence-electron chi connectivity index (χ0n) is 18.4. The third-order valence-electron chi connectivity index (χ3n) is 6.17. The maximum absolute atomic E-state index is 6.58. The van der Waals surface area contributed by atoms with E-state index in [9.17, 15) is 0 Å². The van der Waals surface area contributed by atoms with Crippen molar-refractivity contribution >= 4 is 40.8 Å². The lowest BCUT2D eigenvalue weighted by Crippen LogP contribution is -2.48. The number of hydrogen-bond acceptors (Lipinski definition) is 1. The standard InChI is InChI=1S/C28H26BCl2N/c1-20-11-14-23(18-26(20)30)29(24-15-12-21(2)27(31)19-24)25(28-10-6-7-17-32-28)16-13-22-8-4-3-5-9-22/h3-12,14-15,17-19,25H,13,16H2,1-2H3. The van der Waals surface area contributed by atoms with Crippen molar-refractivity contribution in [3.8, 4) is 0 Å². The van der Waals surface area contributed by atoms with Gasteiger partial charge >= 0.3 is 0 Å². The van der Waals surface area contributed by atoms with Gasteiger partial charge in [-0.2, -0.15) is 0 Å². The first-order valence-electron chi connectivity index (χ1n) is 11.0. The number of aryl methyl sites for hydroxylation is 3. The molecule has 0 radical (unpaired) electrons. The molecule has 160 valence electrons. The van der Waals surface area contributed by atoms with Crippen molar-refractivity contribution in [1.29, 1.82) is 0 Å². The van der Waals surface area contributed by atoms with E-state index >= 15 is 0 Å². The molecule has 3 aromatic carbocycles.